The summed E-state index contributed by atoms with van der Waals surface area (Å²) in [5, 5.41) is 14.2. The minimum Gasteiger partial charge on any atom is -0.497 e. The number of nitro groups is 1. The molecule has 1 aromatic rings. The summed E-state index contributed by atoms with van der Waals surface area (Å²) < 4.78 is 24.3. The lowest BCUT2D eigenvalue weighted by molar-refractivity contribution is -0.386. The quantitative estimate of drug-likeness (QED) is 0.644. The predicted octanol–water partition coefficient (Wildman–Crippen LogP) is 3.55. The van der Waals surface area contributed by atoms with Gasteiger partial charge in [-0.2, -0.15) is 4.39 Å². The molecule has 1 amide bonds. The molecule has 0 aliphatic carbocycles. The van der Waals surface area contributed by atoms with Crippen LogP contribution in [-0.2, 0) is 4.74 Å². The minimum atomic E-state index is -0.956. The lowest BCUT2D eigenvalue weighted by atomic mass is 10.0. The van der Waals surface area contributed by atoms with Gasteiger partial charge in [0.2, 0.25) is 5.82 Å². The van der Waals surface area contributed by atoms with Gasteiger partial charge in [0.25, 0.3) is 0 Å². The zero-order chi connectivity index (χ0) is 19.5. The van der Waals surface area contributed by atoms with Gasteiger partial charge in [0.1, 0.15) is 17.0 Å². The molecule has 1 aliphatic rings. The molecular formula is C17H24FN3O5. The Morgan fingerprint density at radius 3 is 2.46 bits per heavy atom. The minimum absolute atomic E-state index is 0.0718. The topological polar surface area (TPSA) is 93.9 Å². The Labute approximate surface area is 151 Å². The fourth-order valence-electron chi connectivity index (χ4n) is 2.74. The van der Waals surface area contributed by atoms with Gasteiger partial charge in [-0.15, -0.1) is 0 Å². The Morgan fingerprint density at radius 1 is 1.35 bits per heavy atom. The molecule has 1 heterocycles. The first-order valence-corrected chi connectivity index (χ1v) is 8.37. The third-order valence-corrected chi connectivity index (χ3v) is 3.96. The summed E-state index contributed by atoms with van der Waals surface area (Å²) in [6.45, 7) is 6.31. The van der Waals surface area contributed by atoms with Gasteiger partial charge < -0.3 is 19.7 Å². The van der Waals surface area contributed by atoms with E-state index in [-0.39, 0.29) is 23.6 Å². The van der Waals surface area contributed by atoms with Crippen LogP contribution in [0.4, 0.5) is 20.6 Å². The monoisotopic (exact) mass is 369 g/mol. The number of hydrogen-bond acceptors (Lipinski definition) is 6. The van der Waals surface area contributed by atoms with Crippen LogP contribution in [0.5, 0.6) is 5.75 Å². The number of benzene rings is 1. The number of carbonyl (C=O) groups is 1. The van der Waals surface area contributed by atoms with Crippen molar-refractivity contribution in [2.45, 2.75) is 45.3 Å². The van der Waals surface area contributed by atoms with E-state index >= 15 is 0 Å². The fourth-order valence-corrected chi connectivity index (χ4v) is 2.74. The predicted molar refractivity (Wildman–Crippen MR) is 94.1 cm³/mol. The average Bonchev–Trinajstić information content (AvgIpc) is 2.53. The molecule has 0 atom stereocenters. The molecule has 0 saturated carbocycles. The van der Waals surface area contributed by atoms with Crippen molar-refractivity contribution in [3.05, 3.63) is 28.1 Å². The summed E-state index contributed by atoms with van der Waals surface area (Å²) in [6.07, 6.45) is 0.749. The van der Waals surface area contributed by atoms with Crippen LogP contribution in [0.3, 0.4) is 0 Å². The van der Waals surface area contributed by atoms with E-state index in [0.717, 1.165) is 6.07 Å². The van der Waals surface area contributed by atoms with Gasteiger partial charge in [-0.25, -0.2) is 4.79 Å². The number of ether oxygens (including phenoxy) is 2. The second kappa shape index (κ2) is 7.76. The van der Waals surface area contributed by atoms with Gasteiger partial charge in [-0.05, 0) is 33.6 Å². The number of amides is 1. The maximum Gasteiger partial charge on any atom is 0.410 e. The number of nitro benzene ring substituents is 1. The largest absolute Gasteiger partial charge is 0.497 e. The number of anilines is 1. The van der Waals surface area contributed by atoms with Gasteiger partial charge in [0, 0.05) is 31.3 Å². The summed E-state index contributed by atoms with van der Waals surface area (Å²) in [7, 11) is 1.36. The summed E-state index contributed by atoms with van der Waals surface area (Å²) in [4.78, 5) is 24.1. The van der Waals surface area contributed by atoms with E-state index < -0.39 is 22.0 Å². The van der Waals surface area contributed by atoms with Crippen molar-refractivity contribution in [2.24, 2.45) is 0 Å². The lowest BCUT2D eigenvalue weighted by Crippen LogP contribution is -2.44. The van der Waals surface area contributed by atoms with E-state index in [9.17, 15) is 19.3 Å². The van der Waals surface area contributed by atoms with Gasteiger partial charge in [-0.1, -0.05) is 0 Å². The Kier molecular flexibility index (Phi) is 5.89. The SMILES string of the molecule is COc1cc(F)c([N+](=O)[O-])c(NC2CCN(C(=O)OC(C)(C)C)CC2)c1. The Bertz CT molecular complexity index is 682. The molecule has 1 N–H and O–H groups in total. The molecule has 2 rings (SSSR count). The van der Waals surface area contributed by atoms with Crippen molar-refractivity contribution in [3.8, 4) is 5.75 Å². The zero-order valence-corrected chi connectivity index (χ0v) is 15.4. The van der Waals surface area contributed by atoms with E-state index in [2.05, 4.69) is 5.32 Å². The number of rotatable bonds is 4. The highest BCUT2D eigenvalue weighted by Gasteiger charge is 2.29. The average molecular weight is 369 g/mol. The van der Waals surface area contributed by atoms with Gasteiger partial charge in [-0.3, -0.25) is 10.1 Å². The maximum atomic E-state index is 14.0. The van der Waals surface area contributed by atoms with Crippen molar-refractivity contribution in [2.75, 3.05) is 25.5 Å². The lowest BCUT2D eigenvalue weighted by Gasteiger charge is -2.34. The molecule has 0 radical (unpaired) electrons. The van der Waals surface area contributed by atoms with E-state index in [1.165, 1.54) is 13.2 Å². The molecule has 1 saturated heterocycles. The summed E-state index contributed by atoms with van der Waals surface area (Å²) >= 11 is 0. The van der Waals surface area contributed by atoms with Gasteiger partial charge in [0.15, 0.2) is 0 Å². The van der Waals surface area contributed by atoms with Crippen molar-refractivity contribution in [3.63, 3.8) is 0 Å². The van der Waals surface area contributed by atoms with Crippen molar-refractivity contribution < 1.29 is 23.6 Å². The first kappa shape index (κ1) is 19.7. The van der Waals surface area contributed by atoms with Crippen LogP contribution in [0, 0.1) is 15.9 Å². The second-order valence-electron chi connectivity index (χ2n) is 7.15. The van der Waals surface area contributed by atoms with E-state index in [0.29, 0.717) is 25.9 Å². The van der Waals surface area contributed by atoms with Gasteiger partial charge >= 0.3 is 11.8 Å². The van der Waals surface area contributed by atoms with Crippen LogP contribution < -0.4 is 10.1 Å². The van der Waals surface area contributed by atoms with Crippen LogP contribution in [0.25, 0.3) is 0 Å². The molecule has 0 aromatic heterocycles. The Morgan fingerprint density at radius 2 is 1.96 bits per heavy atom. The standard InChI is InChI=1S/C17H24FN3O5/c1-17(2,3)26-16(22)20-7-5-11(6-8-20)19-14-10-12(25-4)9-13(18)15(14)21(23)24/h9-11,19H,5-8H2,1-4H3. The van der Waals surface area contributed by atoms with Crippen LogP contribution in [0.2, 0.25) is 0 Å². The second-order valence-corrected chi connectivity index (χ2v) is 7.15. The van der Waals surface area contributed by atoms with Crippen LogP contribution in [0.1, 0.15) is 33.6 Å². The number of carbonyl (C=O) groups excluding carboxylic acids is 1. The summed E-state index contributed by atoms with van der Waals surface area (Å²) in [5.74, 6) is -0.759. The number of piperidine rings is 1. The molecule has 1 fully saturated rings. The fraction of sp³-hybridized carbons (Fsp3) is 0.588. The molecular weight excluding hydrogens is 345 g/mol. The number of methoxy groups -OCH3 is 1. The number of likely N-dealkylation sites (tertiary alicyclic amines) is 1. The van der Waals surface area contributed by atoms with E-state index in [4.69, 9.17) is 9.47 Å². The Hall–Kier alpha value is -2.58. The molecule has 0 spiro atoms. The van der Waals surface area contributed by atoms with E-state index in [1.54, 1.807) is 25.7 Å². The zero-order valence-electron chi connectivity index (χ0n) is 15.4. The first-order chi connectivity index (χ1) is 12.1. The Balaban J connectivity index is 2.04. The molecule has 1 aliphatic heterocycles. The van der Waals surface area contributed by atoms with Crippen molar-refractivity contribution in [1.82, 2.24) is 4.90 Å². The molecule has 144 valence electrons. The number of nitrogens with zero attached hydrogens (tertiary/aromatic N) is 2. The van der Waals surface area contributed by atoms with Crippen molar-refractivity contribution >= 4 is 17.5 Å². The summed E-state index contributed by atoms with van der Waals surface area (Å²) in [5.41, 5.74) is -1.10. The van der Waals surface area contributed by atoms with E-state index in [1.807, 2.05) is 0 Å². The third kappa shape index (κ3) is 4.96. The highest BCUT2D eigenvalue weighted by Crippen LogP contribution is 2.33. The molecule has 0 unspecified atom stereocenters. The molecule has 8 nitrogen and oxygen atoms in total. The van der Waals surface area contributed by atoms with Crippen LogP contribution >= 0.6 is 0 Å². The molecule has 26 heavy (non-hydrogen) atoms. The summed E-state index contributed by atoms with van der Waals surface area (Å²) in [6, 6.07) is 2.26. The molecule has 1 aromatic carbocycles. The number of nitrogens with one attached hydrogen (secondary N) is 1. The maximum absolute atomic E-state index is 14.0. The number of hydrogen-bond donors (Lipinski definition) is 1. The van der Waals surface area contributed by atoms with Crippen LogP contribution in [-0.4, -0.2) is 47.8 Å². The third-order valence-electron chi connectivity index (χ3n) is 3.96. The van der Waals surface area contributed by atoms with Gasteiger partial charge in [0.05, 0.1) is 12.0 Å². The molecule has 0 bridgehead atoms. The molecule has 9 heteroatoms. The first-order valence-electron chi connectivity index (χ1n) is 8.37. The highest BCUT2D eigenvalue weighted by atomic mass is 19.1. The van der Waals surface area contributed by atoms with Crippen molar-refractivity contribution in [1.29, 1.82) is 0 Å². The van der Waals surface area contributed by atoms with Crippen LogP contribution in [0.15, 0.2) is 12.1 Å². The number of halogens is 1. The normalized spacial score (nSPS) is 15.5. The highest BCUT2D eigenvalue weighted by molar-refractivity contribution is 5.68. The smallest absolute Gasteiger partial charge is 0.410 e.